The average Bonchev–Trinajstić information content (AvgIpc) is 3.28. The van der Waals surface area contributed by atoms with E-state index in [2.05, 4.69) is 5.32 Å². The maximum absolute atomic E-state index is 12.8. The number of nitrogens with two attached hydrogens (primary N) is 1. The van der Waals surface area contributed by atoms with Gasteiger partial charge in [-0.15, -0.1) is 0 Å². The molecule has 1 aromatic carbocycles. The van der Waals surface area contributed by atoms with E-state index in [-0.39, 0.29) is 18.6 Å². The second kappa shape index (κ2) is 12.2. The first kappa shape index (κ1) is 25.4. The first-order valence-corrected chi connectivity index (χ1v) is 12.2. The minimum atomic E-state index is -4.37. The number of benzene rings is 1. The van der Waals surface area contributed by atoms with Crippen molar-refractivity contribution in [3.8, 4) is 0 Å². The van der Waals surface area contributed by atoms with Gasteiger partial charge in [0.15, 0.2) is 11.9 Å². The number of Topliss-reactive ketones (excluding diaryl/α,β-unsaturated/α-hetero) is 1. The summed E-state index contributed by atoms with van der Waals surface area (Å²) < 4.78 is 23.0. The summed E-state index contributed by atoms with van der Waals surface area (Å²) in [4.78, 5) is 47.5. The molecular weight excluding hydrogens is 423 g/mol. The third kappa shape index (κ3) is 7.94. The smallest absolute Gasteiger partial charge is 0.343 e. The minimum absolute atomic E-state index is 0.0747. The first-order valence-electron chi connectivity index (χ1n) is 10.5. The minimum Gasteiger partial charge on any atom is -0.390 e. The number of hydrogen-bond donors (Lipinski definition) is 3. The van der Waals surface area contributed by atoms with E-state index in [0.717, 1.165) is 6.42 Å². The standard InChI is InChI=1S/C21H31N2O7P/c1-15(14-18(24)16-8-3-2-4-9-16)31(27,28)30-19(11-5-6-12-22)21(26)29-20(25)17-10-7-13-23-17/h2-4,8-9,15,17,19,23H,5-7,10-14,22H2,1H3,(H,27,28)/t15?,17-,19?/m0/s1. The number of hydrogen-bond acceptors (Lipinski definition) is 8. The van der Waals surface area contributed by atoms with Crippen molar-refractivity contribution >= 4 is 25.3 Å². The summed E-state index contributed by atoms with van der Waals surface area (Å²) in [5, 5.41) is 2.93. The molecule has 4 atom stereocenters. The monoisotopic (exact) mass is 454 g/mol. The molecule has 0 bridgehead atoms. The maximum atomic E-state index is 12.8. The fourth-order valence-electron chi connectivity index (χ4n) is 3.22. The molecule has 3 unspecified atom stereocenters. The summed E-state index contributed by atoms with van der Waals surface area (Å²) in [6.07, 6.45) is 0.818. The molecule has 10 heteroatoms. The molecule has 0 aliphatic carbocycles. The fraction of sp³-hybridized carbons (Fsp3) is 0.571. The first-order chi connectivity index (χ1) is 14.7. The Morgan fingerprint density at radius 3 is 2.58 bits per heavy atom. The predicted molar refractivity (Wildman–Crippen MR) is 115 cm³/mol. The van der Waals surface area contributed by atoms with E-state index in [9.17, 15) is 23.8 Å². The molecule has 0 saturated carbocycles. The molecular formula is C21H31N2O7P. The van der Waals surface area contributed by atoms with Gasteiger partial charge in [0.05, 0.1) is 5.66 Å². The van der Waals surface area contributed by atoms with Gasteiger partial charge in [-0.3, -0.25) is 13.9 Å². The lowest BCUT2D eigenvalue weighted by atomic mass is 10.1. The van der Waals surface area contributed by atoms with Crippen molar-refractivity contribution in [3.63, 3.8) is 0 Å². The van der Waals surface area contributed by atoms with Crippen LogP contribution in [0.4, 0.5) is 0 Å². The molecule has 1 fully saturated rings. The van der Waals surface area contributed by atoms with Crippen LogP contribution in [0.25, 0.3) is 0 Å². The van der Waals surface area contributed by atoms with E-state index in [4.69, 9.17) is 15.0 Å². The van der Waals surface area contributed by atoms with Crippen molar-refractivity contribution in [1.82, 2.24) is 5.32 Å². The van der Waals surface area contributed by atoms with Gasteiger partial charge in [-0.05, 0) is 45.2 Å². The quantitative estimate of drug-likeness (QED) is 0.142. The zero-order valence-corrected chi connectivity index (χ0v) is 18.6. The van der Waals surface area contributed by atoms with Crippen LogP contribution in [0.3, 0.4) is 0 Å². The van der Waals surface area contributed by atoms with Crippen molar-refractivity contribution in [1.29, 1.82) is 0 Å². The molecule has 4 N–H and O–H groups in total. The molecule has 1 aliphatic heterocycles. The molecule has 31 heavy (non-hydrogen) atoms. The number of ketones is 1. The van der Waals surface area contributed by atoms with E-state index < -0.39 is 37.3 Å². The van der Waals surface area contributed by atoms with Crippen molar-refractivity contribution < 1.29 is 33.1 Å². The van der Waals surface area contributed by atoms with Crippen LogP contribution in [0.2, 0.25) is 0 Å². The van der Waals surface area contributed by atoms with E-state index in [1.165, 1.54) is 6.92 Å². The summed E-state index contributed by atoms with van der Waals surface area (Å²) in [6.45, 7) is 2.45. The van der Waals surface area contributed by atoms with Crippen LogP contribution >= 0.6 is 7.60 Å². The molecule has 0 aromatic heterocycles. The normalized spacial score (nSPS) is 19.9. The topological polar surface area (TPSA) is 145 Å². The Hall–Kier alpha value is -1.90. The Bertz CT molecular complexity index is 796. The van der Waals surface area contributed by atoms with Gasteiger partial charge in [0.25, 0.3) is 0 Å². The summed E-state index contributed by atoms with van der Waals surface area (Å²) in [5.41, 5.74) is 4.85. The molecule has 0 spiro atoms. The van der Waals surface area contributed by atoms with Gasteiger partial charge >= 0.3 is 19.5 Å². The molecule has 2 rings (SSSR count). The maximum Gasteiger partial charge on any atom is 0.343 e. The Labute approximate surface area is 182 Å². The number of carbonyl (C=O) groups excluding carboxylic acids is 3. The van der Waals surface area contributed by atoms with Gasteiger partial charge in [0.2, 0.25) is 0 Å². The molecule has 1 heterocycles. The molecule has 1 aromatic rings. The van der Waals surface area contributed by atoms with Gasteiger partial charge in [-0.25, -0.2) is 9.59 Å². The molecule has 172 valence electrons. The highest BCUT2D eigenvalue weighted by Gasteiger charge is 2.38. The van der Waals surface area contributed by atoms with Crippen LogP contribution < -0.4 is 11.1 Å². The summed E-state index contributed by atoms with van der Waals surface area (Å²) in [7, 11) is -4.37. The number of unbranched alkanes of at least 4 members (excludes halogenated alkanes) is 1. The van der Waals surface area contributed by atoms with E-state index in [1.54, 1.807) is 30.3 Å². The largest absolute Gasteiger partial charge is 0.390 e. The van der Waals surface area contributed by atoms with Gasteiger partial charge in [0.1, 0.15) is 6.04 Å². The molecule has 1 saturated heterocycles. The van der Waals surface area contributed by atoms with E-state index in [0.29, 0.717) is 37.9 Å². The highest BCUT2D eigenvalue weighted by atomic mass is 31.2. The van der Waals surface area contributed by atoms with E-state index in [1.807, 2.05) is 0 Å². The Morgan fingerprint density at radius 1 is 1.26 bits per heavy atom. The molecule has 0 radical (unpaired) electrons. The summed E-state index contributed by atoms with van der Waals surface area (Å²) >= 11 is 0. The van der Waals surface area contributed by atoms with Gasteiger partial charge in [0, 0.05) is 12.0 Å². The SMILES string of the molecule is CC(CC(=O)c1ccccc1)P(=O)(O)OC(CCCCN)C(=O)OC(=O)[C@@H]1CCCN1. The highest BCUT2D eigenvalue weighted by molar-refractivity contribution is 7.53. The van der Waals surface area contributed by atoms with Crippen molar-refractivity contribution in [3.05, 3.63) is 35.9 Å². The number of nitrogens with one attached hydrogen (secondary N) is 1. The number of ether oxygens (including phenoxy) is 1. The predicted octanol–water partition coefficient (Wildman–Crippen LogP) is 2.17. The summed E-state index contributed by atoms with van der Waals surface area (Å²) in [6, 6.07) is 7.83. The number of rotatable bonds is 12. The van der Waals surface area contributed by atoms with Gasteiger partial charge in [-0.1, -0.05) is 37.3 Å². The lowest BCUT2D eigenvalue weighted by molar-refractivity contribution is -0.166. The second-order valence-corrected chi connectivity index (χ2v) is 9.89. The Kier molecular flexibility index (Phi) is 9.99. The van der Waals surface area contributed by atoms with Crippen LogP contribution in [-0.2, 0) is 23.4 Å². The molecule has 0 amide bonds. The zero-order chi connectivity index (χ0) is 22.9. The third-order valence-corrected chi connectivity index (χ3v) is 6.99. The lowest BCUT2D eigenvalue weighted by Crippen LogP contribution is -2.37. The average molecular weight is 454 g/mol. The van der Waals surface area contributed by atoms with Gasteiger partial charge in [-0.2, -0.15) is 0 Å². The Morgan fingerprint density at radius 2 is 1.97 bits per heavy atom. The second-order valence-electron chi connectivity index (χ2n) is 7.67. The van der Waals surface area contributed by atoms with Crippen molar-refractivity contribution in [2.24, 2.45) is 5.73 Å². The van der Waals surface area contributed by atoms with Gasteiger partial charge < -0.3 is 20.7 Å². The highest BCUT2D eigenvalue weighted by Crippen LogP contribution is 2.50. The Balaban J connectivity index is 2.02. The third-order valence-electron chi connectivity index (χ3n) is 5.14. The van der Waals surface area contributed by atoms with E-state index >= 15 is 0 Å². The summed E-state index contributed by atoms with van der Waals surface area (Å²) in [5.74, 6) is -2.04. The van der Waals surface area contributed by atoms with Crippen LogP contribution in [0.15, 0.2) is 30.3 Å². The van der Waals surface area contributed by atoms with Crippen LogP contribution in [0, 0.1) is 0 Å². The fourth-order valence-corrected chi connectivity index (χ4v) is 4.38. The van der Waals surface area contributed by atoms with Crippen LogP contribution in [0.5, 0.6) is 0 Å². The molecule has 9 nitrogen and oxygen atoms in total. The van der Waals surface area contributed by atoms with Crippen molar-refractivity contribution in [2.75, 3.05) is 13.1 Å². The number of carbonyl (C=O) groups is 3. The molecule has 1 aliphatic rings. The van der Waals surface area contributed by atoms with Crippen LogP contribution in [-0.4, -0.2) is 53.5 Å². The zero-order valence-electron chi connectivity index (χ0n) is 17.7. The van der Waals surface area contributed by atoms with Crippen molar-refractivity contribution in [2.45, 2.75) is 63.3 Å². The lowest BCUT2D eigenvalue weighted by Gasteiger charge is -2.24. The van der Waals surface area contributed by atoms with Crippen LogP contribution in [0.1, 0.15) is 55.8 Å². The number of esters is 2.